The second kappa shape index (κ2) is 5.47. The van der Waals surface area contributed by atoms with Crippen LogP contribution in [0.2, 0.25) is 0 Å². The van der Waals surface area contributed by atoms with Crippen molar-refractivity contribution in [1.82, 2.24) is 19.9 Å². The third-order valence-electron chi connectivity index (χ3n) is 5.14. The Morgan fingerprint density at radius 3 is 2.78 bits per heavy atom. The first-order valence-corrected chi connectivity index (χ1v) is 8.60. The van der Waals surface area contributed by atoms with Crippen LogP contribution in [0.25, 0.3) is 33.3 Å². The third-order valence-corrected chi connectivity index (χ3v) is 5.14. The van der Waals surface area contributed by atoms with Crippen LogP contribution in [0.5, 0.6) is 0 Å². The number of nitrogens with zero attached hydrogens (tertiary/aromatic N) is 4. The number of oxazole rings is 1. The van der Waals surface area contributed by atoms with Crippen molar-refractivity contribution in [2.24, 2.45) is 5.73 Å². The van der Waals surface area contributed by atoms with Crippen LogP contribution in [-0.4, -0.2) is 32.9 Å². The van der Waals surface area contributed by atoms with Gasteiger partial charge in [-0.1, -0.05) is 0 Å². The monoisotopic (exact) mass is 360 g/mol. The molecule has 8 nitrogen and oxygen atoms in total. The Bertz CT molecular complexity index is 1180. The van der Waals surface area contributed by atoms with Crippen molar-refractivity contribution in [2.75, 3.05) is 12.4 Å². The summed E-state index contributed by atoms with van der Waals surface area (Å²) < 4.78 is 5.88. The van der Waals surface area contributed by atoms with Crippen LogP contribution in [0.4, 0.5) is 5.82 Å². The van der Waals surface area contributed by atoms with E-state index in [1.165, 1.54) is 0 Å². The van der Waals surface area contributed by atoms with Gasteiger partial charge in [-0.05, 0) is 25.0 Å². The molecule has 1 fully saturated rings. The standard InChI is InChI=1S/C19H16N6O2/c1-21-16-11-7-23-15(19(3-4-19)18(20)26)6-10(11)12(8-24-16)17-25-13-2-5-22-9-14(13)27-17/h2,5-9H,3-4H2,1H3,(H2,20,26)(H,21,24). The number of carbonyl (C=O) groups is 1. The lowest BCUT2D eigenvalue weighted by atomic mass is 9.98. The zero-order valence-corrected chi connectivity index (χ0v) is 14.6. The quantitative estimate of drug-likeness (QED) is 0.573. The number of hydrogen-bond acceptors (Lipinski definition) is 7. The predicted molar refractivity (Wildman–Crippen MR) is 100.0 cm³/mol. The number of pyridine rings is 3. The minimum atomic E-state index is -0.667. The molecule has 0 radical (unpaired) electrons. The summed E-state index contributed by atoms with van der Waals surface area (Å²) in [6.45, 7) is 0. The van der Waals surface area contributed by atoms with E-state index in [9.17, 15) is 4.79 Å². The van der Waals surface area contributed by atoms with Crippen molar-refractivity contribution < 1.29 is 9.21 Å². The maximum Gasteiger partial charge on any atom is 0.229 e. The molecule has 1 saturated carbocycles. The molecule has 0 unspecified atom stereocenters. The highest BCUT2D eigenvalue weighted by Crippen LogP contribution is 2.48. The SMILES string of the molecule is CNc1ncc(-c2nc3ccncc3o2)c2cc(C3(C(N)=O)CC3)ncc12. The van der Waals surface area contributed by atoms with E-state index in [1.54, 1.807) is 37.9 Å². The van der Waals surface area contributed by atoms with Gasteiger partial charge in [-0.3, -0.25) is 14.8 Å². The number of nitrogens with two attached hydrogens (primary N) is 1. The number of carbonyl (C=O) groups excluding carboxylic acids is 1. The molecule has 134 valence electrons. The zero-order valence-electron chi connectivity index (χ0n) is 14.6. The van der Waals surface area contributed by atoms with E-state index in [4.69, 9.17) is 10.2 Å². The Morgan fingerprint density at radius 2 is 2.07 bits per heavy atom. The molecule has 4 heterocycles. The van der Waals surface area contributed by atoms with E-state index in [0.717, 1.165) is 21.9 Å². The molecule has 4 aromatic rings. The van der Waals surface area contributed by atoms with Crippen molar-refractivity contribution in [2.45, 2.75) is 18.3 Å². The van der Waals surface area contributed by atoms with Gasteiger partial charge in [-0.25, -0.2) is 9.97 Å². The number of nitrogens with one attached hydrogen (secondary N) is 1. The first-order valence-electron chi connectivity index (χ1n) is 8.60. The van der Waals surface area contributed by atoms with E-state index in [0.29, 0.717) is 35.8 Å². The van der Waals surface area contributed by atoms with Crippen LogP contribution in [0.3, 0.4) is 0 Å². The second-order valence-electron chi connectivity index (χ2n) is 6.69. The van der Waals surface area contributed by atoms with Gasteiger partial charge in [0.05, 0.1) is 22.9 Å². The lowest BCUT2D eigenvalue weighted by Crippen LogP contribution is -2.29. The molecule has 0 atom stereocenters. The summed E-state index contributed by atoms with van der Waals surface area (Å²) in [5, 5.41) is 4.74. The van der Waals surface area contributed by atoms with Gasteiger partial charge in [0, 0.05) is 36.4 Å². The van der Waals surface area contributed by atoms with Gasteiger partial charge in [0.25, 0.3) is 0 Å². The Labute approximate surface area is 153 Å². The van der Waals surface area contributed by atoms with Crippen molar-refractivity contribution in [3.8, 4) is 11.5 Å². The molecule has 0 aromatic carbocycles. The van der Waals surface area contributed by atoms with Crippen molar-refractivity contribution in [3.05, 3.63) is 42.6 Å². The summed E-state index contributed by atoms with van der Waals surface area (Å²) in [6, 6.07) is 3.69. The summed E-state index contributed by atoms with van der Waals surface area (Å²) in [7, 11) is 1.80. The molecule has 5 rings (SSSR count). The van der Waals surface area contributed by atoms with Gasteiger partial charge in [-0.15, -0.1) is 0 Å². The highest BCUT2D eigenvalue weighted by molar-refractivity contribution is 6.01. The molecule has 27 heavy (non-hydrogen) atoms. The molecule has 8 heteroatoms. The van der Waals surface area contributed by atoms with Crippen LogP contribution in [0, 0.1) is 0 Å². The number of fused-ring (bicyclic) bond motifs is 2. The average Bonchev–Trinajstić information content (AvgIpc) is 3.40. The minimum Gasteiger partial charge on any atom is -0.434 e. The summed E-state index contributed by atoms with van der Waals surface area (Å²) >= 11 is 0. The number of hydrogen-bond donors (Lipinski definition) is 2. The lowest BCUT2D eigenvalue weighted by Gasteiger charge is -2.13. The molecule has 1 amide bonds. The minimum absolute atomic E-state index is 0.341. The second-order valence-corrected chi connectivity index (χ2v) is 6.69. The largest absolute Gasteiger partial charge is 0.434 e. The van der Waals surface area contributed by atoms with Crippen LogP contribution >= 0.6 is 0 Å². The molecule has 0 aliphatic heterocycles. The zero-order chi connectivity index (χ0) is 18.6. The van der Waals surface area contributed by atoms with Gasteiger partial charge in [-0.2, -0.15) is 0 Å². The van der Waals surface area contributed by atoms with Crippen molar-refractivity contribution >= 4 is 33.6 Å². The lowest BCUT2D eigenvalue weighted by molar-refractivity contribution is -0.120. The van der Waals surface area contributed by atoms with Crippen LogP contribution in [0.1, 0.15) is 18.5 Å². The number of aromatic nitrogens is 4. The number of primary amides is 1. The number of rotatable bonds is 4. The fraction of sp³-hybridized carbons (Fsp3) is 0.211. The van der Waals surface area contributed by atoms with E-state index >= 15 is 0 Å². The average molecular weight is 360 g/mol. The van der Waals surface area contributed by atoms with Gasteiger partial charge >= 0.3 is 0 Å². The van der Waals surface area contributed by atoms with Crippen LogP contribution < -0.4 is 11.1 Å². The predicted octanol–water partition coefficient (Wildman–Crippen LogP) is 2.39. The third kappa shape index (κ3) is 2.26. The fourth-order valence-electron chi connectivity index (χ4n) is 3.42. The van der Waals surface area contributed by atoms with Crippen LogP contribution in [0.15, 0.2) is 41.3 Å². The van der Waals surface area contributed by atoms with Gasteiger partial charge in [0.15, 0.2) is 5.58 Å². The van der Waals surface area contributed by atoms with E-state index < -0.39 is 5.41 Å². The molecule has 0 bridgehead atoms. The Kier molecular flexibility index (Phi) is 3.18. The highest BCUT2D eigenvalue weighted by atomic mass is 16.3. The summed E-state index contributed by atoms with van der Waals surface area (Å²) in [6.07, 6.45) is 8.16. The number of anilines is 1. The highest BCUT2D eigenvalue weighted by Gasteiger charge is 2.51. The Morgan fingerprint density at radius 1 is 1.22 bits per heavy atom. The van der Waals surface area contributed by atoms with Gasteiger partial charge < -0.3 is 15.5 Å². The Hall–Kier alpha value is -3.55. The summed E-state index contributed by atoms with van der Waals surface area (Å²) in [4.78, 5) is 29.5. The van der Waals surface area contributed by atoms with Crippen LogP contribution in [-0.2, 0) is 10.2 Å². The molecule has 3 N–H and O–H groups in total. The molecule has 0 saturated heterocycles. The normalized spacial score (nSPS) is 15.1. The van der Waals surface area contributed by atoms with Crippen molar-refractivity contribution in [1.29, 1.82) is 0 Å². The maximum atomic E-state index is 11.9. The molecule has 1 aliphatic rings. The van der Waals surface area contributed by atoms with Gasteiger partial charge in [0.1, 0.15) is 11.3 Å². The topological polar surface area (TPSA) is 120 Å². The molecular formula is C19H16N6O2. The maximum absolute atomic E-state index is 11.9. The number of amides is 1. The Balaban J connectivity index is 1.77. The summed E-state index contributed by atoms with van der Waals surface area (Å²) in [5.41, 5.74) is 7.68. The van der Waals surface area contributed by atoms with Crippen molar-refractivity contribution in [3.63, 3.8) is 0 Å². The van der Waals surface area contributed by atoms with Gasteiger partial charge in [0.2, 0.25) is 11.8 Å². The fourth-order valence-corrected chi connectivity index (χ4v) is 3.42. The first-order chi connectivity index (χ1) is 13.1. The smallest absolute Gasteiger partial charge is 0.229 e. The summed E-state index contributed by atoms with van der Waals surface area (Å²) in [5.74, 6) is 0.792. The molecule has 4 aromatic heterocycles. The van der Waals surface area contributed by atoms with E-state index in [2.05, 4.69) is 25.3 Å². The molecule has 1 aliphatic carbocycles. The molecule has 0 spiro atoms. The van der Waals surface area contributed by atoms with E-state index in [-0.39, 0.29) is 5.91 Å². The first kappa shape index (κ1) is 15.7. The molecular weight excluding hydrogens is 344 g/mol. The van der Waals surface area contributed by atoms with E-state index in [1.807, 2.05) is 6.07 Å².